The van der Waals surface area contributed by atoms with Crippen molar-refractivity contribution in [3.05, 3.63) is 109 Å². The number of nitrogens with one attached hydrogen (secondary N) is 1. The molecule has 0 radical (unpaired) electrons. The molecule has 0 aromatic heterocycles. The highest BCUT2D eigenvalue weighted by atomic mass is 31.2. The van der Waals surface area contributed by atoms with E-state index in [1.165, 1.54) is 77.0 Å². The largest absolute Gasteiger partial charge is 0.472 e. The Morgan fingerprint density at radius 2 is 0.903 bits per heavy atom. The fourth-order valence-corrected chi connectivity index (χ4v) is 8.33. The number of rotatable bonds is 50. The van der Waals surface area contributed by atoms with Gasteiger partial charge in [-0.3, -0.25) is 18.6 Å². The first-order chi connectivity index (χ1) is 34.9. The van der Waals surface area contributed by atoms with Gasteiger partial charge in [0.2, 0.25) is 5.91 Å². The molecule has 1 amide bonds. The van der Waals surface area contributed by atoms with Crippen LogP contribution in [0.1, 0.15) is 220 Å². The van der Waals surface area contributed by atoms with Gasteiger partial charge in [-0.25, -0.2) is 4.57 Å². The lowest BCUT2D eigenvalue weighted by Gasteiger charge is -2.27. The van der Waals surface area contributed by atoms with Gasteiger partial charge in [-0.15, -0.1) is 0 Å². The minimum absolute atomic E-state index is 0.0220. The SMILES string of the molecule is CC/C=C\C/C=C\C/C=C\C/C=C\C/C=C\C/C=C\CCC(=O)OC(/C=C/CCCCCCCCCCCCC)C(COP(=O)(O)OCC[N+](C)(C)C)NC(=O)CCCCCCCCC/C=C/C/C=C/CC. The van der Waals surface area contributed by atoms with Crippen molar-refractivity contribution in [1.29, 1.82) is 0 Å². The summed E-state index contributed by atoms with van der Waals surface area (Å²) in [6.45, 7) is 6.72. The molecule has 0 fully saturated rings. The minimum atomic E-state index is -4.47. The molecule has 0 aromatic carbocycles. The number of quaternary nitrogens is 1. The lowest BCUT2D eigenvalue weighted by atomic mass is 10.0. The molecule has 0 rings (SSSR count). The summed E-state index contributed by atoms with van der Waals surface area (Å²) in [5, 5.41) is 3.02. The Bertz CT molecular complexity index is 1600. The van der Waals surface area contributed by atoms with Crippen molar-refractivity contribution in [2.45, 2.75) is 232 Å². The summed E-state index contributed by atoms with van der Waals surface area (Å²) in [5.41, 5.74) is 0. The number of phosphoric ester groups is 1. The molecule has 72 heavy (non-hydrogen) atoms. The molecule has 0 aromatic rings. The van der Waals surface area contributed by atoms with Crippen LogP contribution in [0.3, 0.4) is 0 Å². The number of esters is 1. The number of nitrogens with zero attached hydrogens (tertiary/aromatic N) is 1. The van der Waals surface area contributed by atoms with Crippen molar-refractivity contribution in [3.63, 3.8) is 0 Å². The van der Waals surface area contributed by atoms with Crippen molar-refractivity contribution in [2.24, 2.45) is 0 Å². The maximum atomic E-state index is 13.5. The molecule has 0 aliphatic rings. The molecule has 412 valence electrons. The van der Waals surface area contributed by atoms with E-state index in [0.29, 0.717) is 23.9 Å². The van der Waals surface area contributed by atoms with Crippen LogP contribution in [0.15, 0.2) is 109 Å². The maximum absolute atomic E-state index is 13.5. The fraction of sp³-hybridized carbons (Fsp3) is 0.677. The molecule has 0 aliphatic heterocycles. The standard InChI is InChI=1S/C62H107N2O7P/c1-7-10-13-16-19-22-25-28-30-31-32-33-34-37-40-43-46-49-52-55-62(66)71-60(53-50-47-44-41-38-35-27-24-21-18-15-12-9-3)59(58-70-72(67,68)69-57-56-64(4,5)6)63-61(65)54-51-48-45-42-39-36-29-26-23-20-17-14-11-8-2/h10-11,13-14,19-20,22-23,28,30,32-33,37,40,46,49-50,53,59-60H,7-9,12,15-18,21,24-27,29,31,34-36,38-39,41-45,47-48,51-52,54-58H2,1-6H3,(H-,63,65,67,68)/p+1/b13-10-,14-11+,22-19-,23-20+,30-28-,33-32-,40-37-,49-46-,53-50+. The zero-order chi connectivity index (χ0) is 52.9. The number of hydrogen-bond acceptors (Lipinski definition) is 6. The van der Waals surface area contributed by atoms with Crippen molar-refractivity contribution in [2.75, 3.05) is 40.9 Å². The van der Waals surface area contributed by atoms with Gasteiger partial charge in [-0.2, -0.15) is 0 Å². The number of unbranched alkanes of at least 4 members (excludes halogenated alkanes) is 18. The summed E-state index contributed by atoms with van der Waals surface area (Å²) in [4.78, 5) is 37.6. The Balaban J connectivity index is 5.50. The fourth-order valence-electron chi connectivity index (χ4n) is 7.59. The van der Waals surface area contributed by atoms with Crippen LogP contribution in [0.5, 0.6) is 0 Å². The molecule has 10 heteroatoms. The first-order valence-electron chi connectivity index (χ1n) is 28.7. The number of amides is 1. The molecule has 3 atom stereocenters. The molecule has 2 N–H and O–H groups in total. The molecule has 3 unspecified atom stereocenters. The smallest absolute Gasteiger partial charge is 0.456 e. The van der Waals surface area contributed by atoms with E-state index >= 15 is 0 Å². The molecule has 0 bridgehead atoms. The summed E-state index contributed by atoms with van der Waals surface area (Å²) >= 11 is 0. The summed E-state index contributed by atoms with van der Waals surface area (Å²) < 4.78 is 30.5. The Labute approximate surface area is 442 Å². The predicted octanol–water partition coefficient (Wildman–Crippen LogP) is 17.4. The molecule has 0 saturated carbocycles. The van der Waals surface area contributed by atoms with Gasteiger partial charge in [0.15, 0.2) is 0 Å². The van der Waals surface area contributed by atoms with E-state index in [-0.39, 0.29) is 25.5 Å². The van der Waals surface area contributed by atoms with Gasteiger partial charge in [0.25, 0.3) is 0 Å². The van der Waals surface area contributed by atoms with E-state index < -0.39 is 25.9 Å². The second-order valence-electron chi connectivity index (χ2n) is 20.0. The summed E-state index contributed by atoms with van der Waals surface area (Å²) in [7, 11) is 1.44. The van der Waals surface area contributed by atoms with E-state index in [1.54, 1.807) is 0 Å². The van der Waals surface area contributed by atoms with Gasteiger partial charge < -0.3 is 19.4 Å². The Morgan fingerprint density at radius 3 is 1.36 bits per heavy atom. The third kappa shape index (κ3) is 51.6. The summed E-state index contributed by atoms with van der Waals surface area (Å²) in [6.07, 6.45) is 69.5. The minimum Gasteiger partial charge on any atom is -0.456 e. The van der Waals surface area contributed by atoms with Crippen molar-refractivity contribution >= 4 is 19.7 Å². The summed E-state index contributed by atoms with van der Waals surface area (Å²) in [5.74, 6) is -0.620. The topological polar surface area (TPSA) is 111 Å². The van der Waals surface area contributed by atoms with Gasteiger partial charge in [0.05, 0.1) is 33.8 Å². The lowest BCUT2D eigenvalue weighted by molar-refractivity contribution is -0.870. The van der Waals surface area contributed by atoms with Crippen LogP contribution in [-0.2, 0) is 27.9 Å². The van der Waals surface area contributed by atoms with E-state index in [1.807, 2.05) is 45.4 Å². The van der Waals surface area contributed by atoms with E-state index in [2.05, 4.69) is 111 Å². The highest BCUT2D eigenvalue weighted by Crippen LogP contribution is 2.43. The number of likely N-dealkylation sites (N-methyl/N-ethyl adjacent to an activating group) is 1. The Hall–Kier alpha value is -3.33. The zero-order valence-corrected chi connectivity index (χ0v) is 47.8. The number of phosphoric acid groups is 1. The summed E-state index contributed by atoms with van der Waals surface area (Å²) in [6, 6.07) is -0.889. The predicted molar refractivity (Wildman–Crippen MR) is 309 cm³/mol. The maximum Gasteiger partial charge on any atom is 0.472 e. The first kappa shape index (κ1) is 68.7. The molecule has 0 aliphatic carbocycles. The molecular weight excluding hydrogens is 916 g/mol. The van der Waals surface area contributed by atoms with Gasteiger partial charge >= 0.3 is 13.8 Å². The van der Waals surface area contributed by atoms with Gasteiger partial charge in [-0.05, 0) is 96.0 Å². The highest BCUT2D eigenvalue weighted by Gasteiger charge is 2.30. The van der Waals surface area contributed by atoms with Crippen LogP contribution in [0.2, 0.25) is 0 Å². The van der Waals surface area contributed by atoms with E-state index in [4.69, 9.17) is 13.8 Å². The van der Waals surface area contributed by atoms with Crippen LogP contribution >= 0.6 is 7.82 Å². The quantitative estimate of drug-likeness (QED) is 0.0205. The zero-order valence-electron chi connectivity index (χ0n) is 46.9. The third-order valence-electron chi connectivity index (χ3n) is 12.0. The Morgan fingerprint density at radius 1 is 0.500 bits per heavy atom. The Kier molecular flexibility index (Phi) is 48.8. The van der Waals surface area contributed by atoms with E-state index in [9.17, 15) is 19.0 Å². The van der Waals surface area contributed by atoms with Crippen molar-refractivity contribution < 1.29 is 37.3 Å². The van der Waals surface area contributed by atoms with Crippen LogP contribution < -0.4 is 5.32 Å². The molecule has 0 saturated heterocycles. The van der Waals surface area contributed by atoms with Crippen LogP contribution in [0.25, 0.3) is 0 Å². The van der Waals surface area contributed by atoms with E-state index in [0.717, 1.165) is 103 Å². The van der Waals surface area contributed by atoms with Crippen LogP contribution in [0.4, 0.5) is 0 Å². The first-order valence-corrected chi connectivity index (χ1v) is 30.2. The average molecular weight is 1020 g/mol. The van der Waals surface area contributed by atoms with Crippen molar-refractivity contribution in [3.8, 4) is 0 Å². The molecule has 0 heterocycles. The number of ether oxygens (including phenoxy) is 1. The monoisotopic (exact) mass is 1020 g/mol. The number of carbonyl (C=O) groups excluding carboxylic acids is 2. The number of carbonyl (C=O) groups is 2. The second-order valence-corrected chi connectivity index (χ2v) is 21.5. The highest BCUT2D eigenvalue weighted by molar-refractivity contribution is 7.47. The van der Waals surface area contributed by atoms with Crippen molar-refractivity contribution in [1.82, 2.24) is 5.32 Å². The van der Waals surface area contributed by atoms with Gasteiger partial charge in [-0.1, -0.05) is 220 Å². The molecule has 0 spiro atoms. The average Bonchev–Trinajstić information content (AvgIpc) is 3.34. The number of hydrogen-bond donors (Lipinski definition) is 2. The van der Waals surface area contributed by atoms with Crippen LogP contribution in [0, 0.1) is 0 Å². The third-order valence-corrected chi connectivity index (χ3v) is 13.0. The second kappa shape index (κ2) is 51.2. The normalized spacial score (nSPS) is 14.6. The van der Waals surface area contributed by atoms with Crippen LogP contribution in [-0.4, -0.2) is 74.3 Å². The number of allylic oxidation sites excluding steroid dienone is 17. The van der Waals surface area contributed by atoms with Gasteiger partial charge in [0, 0.05) is 12.8 Å². The molecular formula is C62H108N2O7P+. The lowest BCUT2D eigenvalue weighted by Crippen LogP contribution is -2.47. The van der Waals surface area contributed by atoms with Gasteiger partial charge in [0.1, 0.15) is 19.3 Å². The molecule has 9 nitrogen and oxygen atoms in total.